The highest BCUT2D eigenvalue weighted by Gasteiger charge is 2.23. The molecule has 0 radical (unpaired) electrons. The van der Waals surface area contributed by atoms with Crippen LogP contribution in [0, 0.1) is 0 Å². The number of carbonyl (C=O) groups is 2. The van der Waals surface area contributed by atoms with Crippen LogP contribution in [0.15, 0.2) is 51.3 Å². The molecule has 35 heavy (non-hydrogen) atoms. The lowest BCUT2D eigenvalue weighted by molar-refractivity contribution is -0.132. The van der Waals surface area contributed by atoms with E-state index in [2.05, 4.69) is 10.3 Å². The zero-order valence-corrected chi connectivity index (χ0v) is 20.1. The fourth-order valence-electron chi connectivity index (χ4n) is 3.83. The molecule has 11 heteroatoms. The van der Waals surface area contributed by atoms with Gasteiger partial charge in [-0.3, -0.25) is 14.2 Å². The summed E-state index contributed by atoms with van der Waals surface area (Å²) in [6.07, 6.45) is 2.50. The summed E-state index contributed by atoms with van der Waals surface area (Å²) in [5, 5.41) is 10.3. The lowest BCUT2D eigenvalue weighted by Gasteiger charge is -2.11. The van der Waals surface area contributed by atoms with E-state index in [0.717, 1.165) is 11.1 Å². The van der Waals surface area contributed by atoms with Gasteiger partial charge in [0.25, 0.3) is 11.5 Å². The first-order valence-electron chi connectivity index (χ1n) is 10.3. The van der Waals surface area contributed by atoms with Crippen molar-refractivity contribution in [2.75, 3.05) is 19.5 Å². The van der Waals surface area contributed by atoms with Gasteiger partial charge in [-0.1, -0.05) is 35.3 Å². The highest BCUT2D eigenvalue weighted by Crippen LogP contribution is 2.35. The predicted octanol–water partition coefficient (Wildman–Crippen LogP) is 4.07. The fraction of sp³-hybridized carbons (Fsp3) is 0.167. The molecule has 3 aromatic rings. The lowest BCUT2D eigenvalue weighted by atomic mass is 10.1. The van der Waals surface area contributed by atoms with Crippen LogP contribution in [-0.4, -0.2) is 40.8 Å². The number of nitrogens with one attached hydrogen (secondary N) is 1. The van der Waals surface area contributed by atoms with Crippen LogP contribution < -0.4 is 20.3 Å². The molecule has 0 fully saturated rings. The van der Waals surface area contributed by atoms with Crippen LogP contribution >= 0.6 is 23.2 Å². The Labute approximate surface area is 209 Å². The van der Waals surface area contributed by atoms with Crippen molar-refractivity contribution in [1.29, 1.82) is 0 Å². The maximum atomic E-state index is 13.1. The second-order valence-electron chi connectivity index (χ2n) is 7.51. The van der Waals surface area contributed by atoms with Crippen LogP contribution in [0.25, 0.3) is 22.6 Å². The van der Waals surface area contributed by atoms with Crippen molar-refractivity contribution in [3.63, 3.8) is 0 Å². The zero-order valence-electron chi connectivity index (χ0n) is 18.6. The van der Waals surface area contributed by atoms with Crippen LogP contribution in [0.2, 0.25) is 0 Å². The Morgan fingerprint density at radius 2 is 1.91 bits per heavy atom. The average molecular weight is 516 g/mol. The number of nitrogens with zero attached hydrogens (tertiary/aromatic N) is 2. The van der Waals surface area contributed by atoms with Crippen LogP contribution in [0.4, 0.5) is 5.69 Å². The molecule has 1 aromatic heterocycles. The number of anilines is 1. The first-order chi connectivity index (χ1) is 16.7. The molecular weight excluding hydrogens is 497 g/mol. The van der Waals surface area contributed by atoms with Crippen molar-refractivity contribution >= 4 is 63.3 Å². The van der Waals surface area contributed by atoms with E-state index in [1.165, 1.54) is 18.2 Å². The number of ether oxygens (including phenoxy) is 2. The van der Waals surface area contributed by atoms with Gasteiger partial charge in [0, 0.05) is 17.8 Å². The molecule has 0 saturated heterocycles. The number of benzene rings is 2. The first kappa shape index (κ1) is 24.3. The third-order valence-electron chi connectivity index (χ3n) is 5.45. The minimum Gasteiger partial charge on any atom is -0.493 e. The van der Waals surface area contributed by atoms with E-state index in [9.17, 15) is 14.4 Å². The molecule has 180 valence electrons. The minimum absolute atomic E-state index is 0.212. The van der Waals surface area contributed by atoms with Crippen molar-refractivity contribution in [2.45, 2.75) is 13.0 Å². The number of rotatable bonds is 6. The Kier molecular flexibility index (Phi) is 6.81. The number of amides is 1. The number of carboxylic acids is 1. The maximum Gasteiger partial charge on any atom is 0.349 e. The number of carboxylic acid groups (broad SMARTS) is 1. The summed E-state index contributed by atoms with van der Waals surface area (Å²) in [5.74, 6) is -0.772. The van der Waals surface area contributed by atoms with Crippen molar-refractivity contribution < 1.29 is 24.2 Å². The fourth-order valence-corrected chi connectivity index (χ4v) is 4.04. The Morgan fingerprint density at radius 3 is 2.60 bits per heavy atom. The van der Waals surface area contributed by atoms with Crippen LogP contribution in [0.5, 0.6) is 11.5 Å². The van der Waals surface area contributed by atoms with E-state index in [1.54, 1.807) is 24.9 Å². The third-order valence-corrected chi connectivity index (χ3v) is 6.26. The predicted molar refractivity (Wildman–Crippen MR) is 133 cm³/mol. The summed E-state index contributed by atoms with van der Waals surface area (Å²) < 4.78 is 12.5. The number of fused-ring (bicyclic) bond motifs is 2. The maximum absolute atomic E-state index is 13.1. The van der Waals surface area contributed by atoms with Crippen molar-refractivity contribution in [2.24, 2.45) is 0 Å². The summed E-state index contributed by atoms with van der Waals surface area (Å²) in [5.41, 5.74) is 2.03. The third kappa shape index (κ3) is 4.60. The van der Waals surface area contributed by atoms with Crippen molar-refractivity contribution in [3.8, 4) is 11.5 Å². The Hall–Kier alpha value is -3.82. The van der Waals surface area contributed by atoms with Gasteiger partial charge in [0.05, 0.1) is 25.1 Å². The molecule has 0 unspecified atom stereocenters. The average Bonchev–Trinajstić information content (AvgIpc) is 3.25. The molecule has 1 aliphatic rings. The molecule has 4 rings (SSSR count). The molecular formula is C24H19Cl2N3O6. The number of halogens is 2. The Balaban J connectivity index is 1.75. The zero-order chi connectivity index (χ0) is 25.3. The number of carbonyl (C=O) groups excluding carboxylic acids is 1. The monoisotopic (exact) mass is 515 g/mol. The lowest BCUT2D eigenvalue weighted by Crippen LogP contribution is -2.21. The van der Waals surface area contributed by atoms with Gasteiger partial charge in [-0.05, 0) is 42.3 Å². The SMILES string of the molecule is COc1cccc(C=C2CCn3c2nc2cc(NC(=O)C(Cl)=C(Cl)C(=O)O)ccc2c3=O)c1OC. The normalized spacial score (nSPS) is 14.5. The molecule has 0 atom stereocenters. The van der Waals surface area contributed by atoms with Gasteiger partial charge in [0.2, 0.25) is 0 Å². The largest absolute Gasteiger partial charge is 0.493 e. The first-order valence-corrected chi connectivity index (χ1v) is 11.1. The van der Waals surface area contributed by atoms with E-state index in [0.29, 0.717) is 41.2 Å². The Morgan fingerprint density at radius 1 is 1.14 bits per heavy atom. The summed E-state index contributed by atoms with van der Waals surface area (Å²) >= 11 is 11.3. The second-order valence-corrected chi connectivity index (χ2v) is 8.27. The van der Waals surface area contributed by atoms with E-state index in [-0.39, 0.29) is 11.2 Å². The second kappa shape index (κ2) is 9.81. The number of methoxy groups -OCH3 is 2. The van der Waals surface area contributed by atoms with Crippen LogP contribution in [0.1, 0.15) is 17.8 Å². The molecule has 9 nitrogen and oxygen atoms in total. The minimum atomic E-state index is -1.53. The topological polar surface area (TPSA) is 120 Å². The molecule has 1 amide bonds. The number of hydrogen-bond acceptors (Lipinski definition) is 6. The molecule has 0 spiro atoms. The van der Waals surface area contributed by atoms with Crippen molar-refractivity contribution in [3.05, 3.63) is 68.2 Å². The number of aromatic nitrogens is 2. The summed E-state index contributed by atoms with van der Waals surface area (Å²) in [7, 11) is 3.11. The van der Waals surface area contributed by atoms with Gasteiger partial charge in [-0.25, -0.2) is 9.78 Å². The summed E-state index contributed by atoms with van der Waals surface area (Å²) in [4.78, 5) is 41.0. The number of aliphatic carboxylic acids is 1. The molecule has 1 aliphatic heterocycles. The quantitative estimate of drug-likeness (QED) is 0.474. The Bertz CT molecular complexity index is 1490. The molecule has 0 bridgehead atoms. The molecule has 0 aliphatic carbocycles. The van der Waals surface area contributed by atoms with Gasteiger partial charge < -0.3 is 19.9 Å². The summed E-state index contributed by atoms with van der Waals surface area (Å²) in [6.45, 7) is 0.474. The summed E-state index contributed by atoms with van der Waals surface area (Å²) in [6, 6.07) is 10.1. The van der Waals surface area contributed by atoms with E-state index < -0.39 is 21.9 Å². The van der Waals surface area contributed by atoms with E-state index in [1.807, 2.05) is 18.2 Å². The van der Waals surface area contributed by atoms with Gasteiger partial charge in [0.15, 0.2) is 11.5 Å². The molecule has 0 saturated carbocycles. The van der Waals surface area contributed by atoms with Gasteiger partial charge >= 0.3 is 5.97 Å². The van der Waals surface area contributed by atoms with Crippen molar-refractivity contribution in [1.82, 2.24) is 9.55 Å². The highest BCUT2D eigenvalue weighted by molar-refractivity contribution is 6.54. The van der Waals surface area contributed by atoms with Gasteiger partial charge in [-0.15, -0.1) is 0 Å². The van der Waals surface area contributed by atoms with Gasteiger partial charge in [0.1, 0.15) is 15.9 Å². The van der Waals surface area contributed by atoms with Crippen LogP contribution in [-0.2, 0) is 16.1 Å². The molecule has 2 aromatic carbocycles. The molecule has 2 heterocycles. The molecule has 2 N–H and O–H groups in total. The highest BCUT2D eigenvalue weighted by atomic mass is 35.5. The van der Waals surface area contributed by atoms with E-state index >= 15 is 0 Å². The number of allylic oxidation sites excluding steroid dienone is 1. The van der Waals surface area contributed by atoms with Crippen LogP contribution in [0.3, 0.4) is 0 Å². The van der Waals surface area contributed by atoms with Gasteiger partial charge in [-0.2, -0.15) is 0 Å². The standard InChI is InChI=1S/C24H19Cl2N3O6/c1-34-17-5-3-4-12(20(17)35-2)10-13-8-9-29-21(13)28-16-11-14(6-7-15(16)23(29)31)27-22(30)18(25)19(26)24(32)33/h3-7,10-11H,8-9H2,1-2H3,(H,27,30)(H,32,33). The van der Waals surface area contributed by atoms with E-state index in [4.69, 9.17) is 37.8 Å². The number of para-hydroxylation sites is 1. The number of hydrogen-bond donors (Lipinski definition) is 2. The smallest absolute Gasteiger partial charge is 0.349 e.